The second kappa shape index (κ2) is 6.87. The van der Waals surface area contributed by atoms with E-state index in [-0.39, 0.29) is 17.7 Å². The van der Waals surface area contributed by atoms with Crippen molar-refractivity contribution < 1.29 is 9.59 Å². The third-order valence-corrected chi connectivity index (χ3v) is 4.96. The summed E-state index contributed by atoms with van der Waals surface area (Å²) < 4.78 is 2.12. The highest BCUT2D eigenvalue weighted by molar-refractivity contribution is 5.93. The van der Waals surface area contributed by atoms with Crippen molar-refractivity contribution in [3.63, 3.8) is 0 Å². The number of anilines is 2. The van der Waals surface area contributed by atoms with Crippen LogP contribution in [0.5, 0.6) is 0 Å². The molecule has 138 valence electrons. The van der Waals surface area contributed by atoms with Crippen molar-refractivity contribution in [1.29, 1.82) is 0 Å². The Labute approximate surface area is 157 Å². The van der Waals surface area contributed by atoms with E-state index in [4.69, 9.17) is 4.98 Å². The normalized spacial score (nSPS) is 16.0. The van der Waals surface area contributed by atoms with Crippen LogP contribution in [0.3, 0.4) is 0 Å². The summed E-state index contributed by atoms with van der Waals surface area (Å²) in [5.41, 5.74) is 5.80. The van der Waals surface area contributed by atoms with Crippen LogP contribution in [0, 0.1) is 12.8 Å². The molecular formula is C21H22N4O2. The van der Waals surface area contributed by atoms with Crippen molar-refractivity contribution in [2.75, 3.05) is 10.6 Å². The van der Waals surface area contributed by atoms with E-state index < -0.39 is 0 Å². The number of aromatic nitrogens is 2. The lowest BCUT2D eigenvalue weighted by molar-refractivity contribution is -0.120. The highest BCUT2D eigenvalue weighted by Gasteiger charge is 2.28. The van der Waals surface area contributed by atoms with Gasteiger partial charge >= 0.3 is 0 Å². The molecule has 27 heavy (non-hydrogen) atoms. The second-order valence-corrected chi connectivity index (χ2v) is 7.13. The van der Waals surface area contributed by atoms with Gasteiger partial charge in [0, 0.05) is 42.5 Å². The predicted molar refractivity (Wildman–Crippen MR) is 105 cm³/mol. The van der Waals surface area contributed by atoms with Crippen LogP contribution in [0.2, 0.25) is 0 Å². The number of hydrogen-bond acceptors (Lipinski definition) is 3. The maximum Gasteiger partial charge on any atom is 0.227 e. The Kier molecular flexibility index (Phi) is 4.39. The molecule has 1 aromatic carbocycles. The van der Waals surface area contributed by atoms with Gasteiger partial charge in [-0.3, -0.25) is 9.59 Å². The second-order valence-electron chi connectivity index (χ2n) is 7.13. The van der Waals surface area contributed by atoms with Gasteiger partial charge in [0.1, 0.15) is 5.65 Å². The molecule has 6 heteroatoms. The molecule has 2 N–H and O–H groups in total. The zero-order chi connectivity index (χ0) is 19.0. The zero-order valence-corrected chi connectivity index (χ0v) is 15.5. The van der Waals surface area contributed by atoms with Crippen LogP contribution in [0.25, 0.3) is 5.65 Å². The van der Waals surface area contributed by atoms with Gasteiger partial charge in [-0.1, -0.05) is 6.07 Å². The molecule has 1 aliphatic carbocycles. The Morgan fingerprint density at radius 2 is 1.78 bits per heavy atom. The number of carbonyl (C=O) groups excluding carboxylic acids is 2. The van der Waals surface area contributed by atoms with E-state index in [1.807, 2.05) is 6.07 Å². The van der Waals surface area contributed by atoms with Crippen LogP contribution in [-0.4, -0.2) is 21.2 Å². The SMILES string of the molecule is CC(=O)Nc1ccc(NC(=O)C2CCc3nc4ccc(C)cn4c3C2)cc1. The van der Waals surface area contributed by atoms with Crippen LogP contribution in [0.15, 0.2) is 42.6 Å². The molecule has 1 unspecified atom stereocenters. The summed E-state index contributed by atoms with van der Waals surface area (Å²) in [5.74, 6) is -0.170. The average Bonchev–Trinajstić information content (AvgIpc) is 3.00. The minimum Gasteiger partial charge on any atom is -0.326 e. The molecule has 0 spiro atoms. The summed E-state index contributed by atoms with van der Waals surface area (Å²) in [5, 5.41) is 5.71. The Hall–Kier alpha value is -3.15. The molecule has 1 aliphatic rings. The summed E-state index contributed by atoms with van der Waals surface area (Å²) in [6.07, 6.45) is 4.39. The number of carbonyl (C=O) groups is 2. The van der Waals surface area contributed by atoms with Crippen LogP contribution >= 0.6 is 0 Å². The number of benzene rings is 1. The number of nitrogens with one attached hydrogen (secondary N) is 2. The molecule has 6 nitrogen and oxygen atoms in total. The lowest BCUT2D eigenvalue weighted by atomic mass is 9.89. The molecular weight excluding hydrogens is 340 g/mol. The molecule has 4 rings (SSSR count). The number of pyridine rings is 1. The topological polar surface area (TPSA) is 75.5 Å². The van der Waals surface area contributed by atoms with Crippen molar-refractivity contribution in [2.24, 2.45) is 5.92 Å². The summed E-state index contributed by atoms with van der Waals surface area (Å²) in [6.45, 7) is 3.53. The van der Waals surface area contributed by atoms with E-state index in [1.54, 1.807) is 24.3 Å². The van der Waals surface area contributed by atoms with Crippen LogP contribution in [0.1, 0.15) is 30.3 Å². The number of hydrogen-bond donors (Lipinski definition) is 2. The molecule has 0 radical (unpaired) electrons. The van der Waals surface area contributed by atoms with Crippen LogP contribution < -0.4 is 10.6 Å². The van der Waals surface area contributed by atoms with E-state index in [1.165, 1.54) is 12.5 Å². The Morgan fingerprint density at radius 3 is 2.48 bits per heavy atom. The van der Waals surface area contributed by atoms with Gasteiger partial charge in [0.05, 0.1) is 5.69 Å². The number of nitrogens with zero attached hydrogens (tertiary/aromatic N) is 2. The minimum absolute atomic E-state index is 0.0236. The maximum absolute atomic E-state index is 12.8. The lowest BCUT2D eigenvalue weighted by Crippen LogP contribution is -2.28. The van der Waals surface area contributed by atoms with Crippen molar-refractivity contribution in [2.45, 2.75) is 33.1 Å². The van der Waals surface area contributed by atoms with Gasteiger partial charge in [0.15, 0.2) is 0 Å². The first-order valence-electron chi connectivity index (χ1n) is 9.14. The fourth-order valence-electron chi connectivity index (χ4n) is 3.62. The Morgan fingerprint density at radius 1 is 1.07 bits per heavy atom. The molecule has 1 atom stereocenters. The van der Waals surface area contributed by atoms with E-state index in [9.17, 15) is 9.59 Å². The molecule has 2 heterocycles. The van der Waals surface area contributed by atoms with E-state index >= 15 is 0 Å². The number of fused-ring (bicyclic) bond motifs is 3. The molecule has 3 aromatic rings. The quantitative estimate of drug-likeness (QED) is 0.750. The van der Waals surface area contributed by atoms with E-state index in [2.05, 4.69) is 34.2 Å². The van der Waals surface area contributed by atoms with Crippen molar-refractivity contribution in [3.8, 4) is 0 Å². The van der Waals surface area contributed by atoms with Gasteiger partial charge in [0.25, 0.3) is 0 Å². The summed E-state index contributed by atoms with van der Waals surface area (Å²) >= 11 is 0. The Balaban J connectivity index is 1.48. The molecule has 2 aromatic heterocycles. The molecule has 0 bridgehead atoms. The minimum atomic E-state index is -0.118. The third kappa shape index (κ3) is 3.56. The number of rotatable bonds is 3. The monoisotopic (exact) mass is 362 g/mol. The van der Waals surface area contributed by atoms with Crippen LogP contribution in [-0.2, 0) is 22.4 Å². The molecule has 0 saturated carbocycles. The predicted octanol–water partition coefficient (Wildman–Crippen LogP) is 3.34. The number of imidazole rings is 1. The zero-order valence-electron chi connectivity index (χ0n) is 15.5. The molecule has 2 amide bonds. The summed E-state index contributed by atoms with van der Waals surface area (Å²) in [7, 11) is 0. The highest BCUT2D eigenvalue weighted by atomic mass is 16.2. The number of amides is 2. The van der Waals surface area contributed by atoms with Gasteiger partial charge in [-0.25, -0.2) is 4.98 Å². The average molecular weight is 362 g/mol. The van der Waals surface area contributed by atoms with Crippen molar-refractivity contribution >= 4 is 28.8 Å². The summed E-state index contributed by atoms with van der Waals surface area (Å²) in [6, 6.07) is 11.2. The van der Waals surface area contributed by atoms with Gasteiger partial charge < -0.3 is 15.0 Å². The lowest BCUT2D eigenvalue weighted by Gasteiger charge is -2.21. The van der Waals surface area contributed by atoms with Gasteiger partial charge in [0.2, 0.25) is 11.8 Å². The maximum atomic E-state index is 12.8. The Bertz CT molecular complexity index is 1020. The third-order valence-electron chi connectivity index (χ3n) is 4.96. The highest BCUT2D eigenvalue weighted by Crippen LogP contribution is 2.28. The number of aryl methyl sites for hydroxylation is 2. The largest absolute Gasteiger partial charge is 0.326 e. The summed E-state index contributed by atoms with van der Waals surface area (Å²) in [4.78, 5) is 28.5. The van der Waals surface area contributed by atoms with E-state index in [0.29, 0.717) is 12.1 Å². The smallest absolute Gasteiger partial charge is 0.227 e. The van der Waals surface area contributed by atoms with Crippen molar-refractivity contribution in [3.05, 3.63) is 59.5 Å². The molecule has 0 fully saturated rings. The van der Waals surface area contributed by atoms with Gasteiger partial charge in [-0.05, 0) is 55.7 Å². The fourth-order valence-corrected chi connectivity index (χ4v) is 3.62. The standard InChI is InChI=1S/C21H22N4O2/c1-13-3-10-20-24-18-9-4-15(11-19(18)25(20)12-13)21(27)23-17-7-5-16(6-8-17)22-14(2)26/h3,5-8,10,12,15H,4,9,11H2,1-2H3,(H,22,26)(H,23,27). The van der Waals surface area contributed by atoms with Gasteiger partial charge in [-0.2, -0.15) is 0 Å². The van der Waals surface area contributed by atoms with Crippen LogP contribution in [0.4, 0.5) is 11.4 Å². The molecule has 0 aliphatic heterocycles. The fraction of sp³-hybridized carbons (Fsp3) is 0.286. The van der Waals surface area contributed by atoms with Gasteiger partial charge in [-0.15, -0.1) is 0 Å². The van der Waals surface area contributed by atoms with Crippen molar-refractivity contribution in [1.82, 2.24) is 9.38 Å². The first-order chi connectivity index (χ1) is 13.0. The first kappa shape index (κ1) is 17.3. The van der Waals surface area contributed by atoms with E-state index in [0.717, 1.165) is 35.6 Å². The molecule has 0 saturated heterocycles. The first-order valence-corrected chi connectivity index (χ1v) is 9.14.